The number of primary amides is 1. The Morgan fingerprint density at radius 3 is 2.64 bits per heavy atom. The highest BCUT2D eigenvalue weighted by molar-refractivity contribution is 9.10. The van der Waals surface area contributed by atoms with Crippen LogP contribution < -0.4 is 5.73 Å². The van der Waals surface area contributed by atoms with Crippen LogP contribution in [0.5, 0.6) is 0 Å². The molecule has 82 valence electrons. The molecule has 1 aliphatic heterocycles. The molecule has 6 nitrogen and oxygen atoms in total. The van der Waals surface area contributed by atoms with E-state index in [1.807, 2.05) is 0 Å². The molecule has 0 saturated carbocycles. The van der Waals surface area contributed by atoms with Crippen molar-refractivity contribution in [3.05, 3.63) is 0 Å². The van der Waals surface area contributed by atoms with Crippen LogP contribution in [0, 0.1) is 0 Å². The summed E-state index contributed by atoms with van der Waals surface area (Å²) in [5.74, 6) is -0.730. The Balaban J connectivity index is 2.93. The van der Waals surface area contributed by atoms with Gasteiger partial charge >= 0.3 is 0 Å². The summed E-state index contributed by atoms with van der Waals surface area (Å²) in [6.45, 7) is -0.0679. The van der Waals surface area contributed by atoms with Crippen molar-refractivity contribution < 1.29 is 18.3 Å². The molecular formula is C6H11BrN2O4S. The van der Waals surface area contributed by atoms with Crippen molar-refractivity contribution in [1.82, 2.24) is 4.31 Å². The molecule has 8 heteroatoms. The first-order valence-electron chi connectivity index (χ1n) is 3.91. The van der Waals surface area contributed by atoms with Gasteiger partial charge in [-0.05, 0) is 0 Å². The van der Waals surface area contributed by atoms with Crippen LogP contribution in [0.1, 0.15) is 6.42 Å². The second kappa shape index (κ2) is 4.13. The number of hydrogen-bond acceptors (Lipinski definition) is 4. The molecule has 0 spiro atoms. The van der Waals surface area contributed by atoms with Crippen molar-refractivity contribution in [1.29, 1.82) is 0 Å². The molecule has 14 heavy (non-hydrogen) atoms. The quantitative estimate of drug-likeness (QED) is 0.623. The largest absolute Gasteiger partial charge is 0.392 e. The van der Waals surface area contributed by atoms with Gasteiger partial charge in [0.25, 0.3) is 0 Å². The molecule has 2 atom stereocenters. The van der Waals surface area contributed by atoms with Crippen LogP contribution in [0.25, 0.3) is 0 Å². The van der Waals surface area contributed by atoms with E-state index in [-0.39, 0.29) is 17.6 Å². The zero-order valence-corrected chi connectivity index (χ0v) is 9.66. The number of carbonyl (C=O) groups excluding carboxylic acids is 1. The predicted molar refractivity (Wildman–Crippen MR) is 53.0 cm³/mol. The van der Waals surface area contributed by atoms with Crippen LogP contribution in [0.3, 0.4) is 0 Å². The number of aliphatic hydroxyl groups is 1. The summed E-state index contributed by atoms with van der Waals surface area (Å²) in [6, 6.07) is -0.924. The van der Waals surface area contributed by atoms with Gasteiger partial charge in [0.05, 0.1) is 6.10 Å². The van der Waals surface area contributed by atoms with Gasteiger partial charge in [-0.2, -0.15) is 4.31 Å². The number of amides is 1. The van der Waals surface area contributed by atoms with E-state index >= 15 is 0 Å². The van der Waals surface area contributed by atoms with Crippen LogP contribution in [0.15, 0.2) is 0 Å². The van der Waals surface area contributed by atoms with Gasteiger partial charge in [-0.1, -0.05) is 15.9 Å². The van der Waals surface area contributed by atoms with Crippen LogP contribution in [0.2, 0.25) is 0 Å². The second-order valence-corrected chi connectivity index (χ2v) is 6.32. The number of aliphatic hydroxyl groups excluding tert-OH is 1. The first kappa shape index (κ1) is 11.9. The molecular weight excluding hydrogens is 276 g/mol. The zero-order valence-electron chi connectivity index (χ0n) is 7.26. The van der Waals surface area contributed by atoms with E-state index in [9.17, 15) is 18.3 Å². The summed E-state index contributed by atoms with van der Waals surface area (Å²) in [5.41, 5.74) is 5.03. The third-order valence-corrected chi connectivity index (χ3v) is 5.19. The Bertz CT molecular complexity index is 331. The van der Waals surface area contributed by atoms with Gasteiger partial charge in [0, 0.05) is 13.0 Å². The Kier molecular flexibility index (Phi) is 3.51. The van der Waals surface area contributed by atoms with Gasteiger partial charge in [-0.3, -0.25) is 4.79 Å². The van der Waals surface area contributed by atoms with Crippen molar-refractivity contribution in [2.45, 2.75) is 18.6 Å². The molecule has 0 aromatic rings. The molecule has 2 unspecified atom stereocenters. The lowest BCUT2D eigenvalue weighted by Gasteiger charge is -2.19. The third-order valence-electron chi connectivity index (χ3n) is 2.06. The lowest BCUT2D eigenvalue weighted by Crippen LogP contribution is -2.43. The molecule has 1 fully saturated rings. The average molecular weight is 287 g/mol. The summed E-state index contributed by atoms with van der Waals surface area (Å²) in [7, 11) is -3.54. The molecule has 0 radical (unpaired) electrons. The monoisotopic (exact) mass is 286 g/mol. The van der Waals surface area contributed by atoms with E-state index in [0.29, 0.717) is 0 Å². The fraction of sp³-hybridized carbons (Fsp3) is 0.833. The number of halogens is 1. The van der Waals surface area contributed by atoms with Gasteiger partial charge in [-0.25, -0.2) is 8.42 Å². The minimum atomic E-state index is -3.54. The summed E-state index contributed by atoms with van der Waals surface area (Å²) < 4.78 is 23.5. The number of nitrogens with zero attached hydrogens (tertiary/aromatic N) is 1. The lowest BCUT2D eigenvalue weighted by molar-refractivity contribution is -0.121. The molecule has 0 aromatic heterocycles. The van der Waals surface area contributed by atoms with E-state index in [4.69, 9.17) is 5.73 Å². The van der Waals surface area contributed by atoms with Crippen LogP contribution in [-0.4, -0.2) is 47.1 Å². The minimum Gasteiger partial charge on any atom is -0.392 e. The molecule has 1 aliphatic rings. The smallest absolute Gasteiger partial charge is 0.235 e. The van der Waals surface area contributed by atoms with Crippen molar-refractivity contribution >= 4 is 31.9 Å². The molecule has 0 aromatic carbocycles. The molecule has 1 heterocycles. The fourth-order valence-electron chi connectivity index (χ4n) is 1.41. The number of β-amino-alcohol motifs (C(OH)–C–C–N with tert-alkyl or cyclic N) is 1. The second-order valence-electron chi connectivity index (χ2n) is 3.10. The maximum atomic E-state index is 11.4. The normalized spacial score (nSPS) is 29.3. The topological polar surface area (TPSA) is 101 Å². The third kappa shape index (κ3) is 2.25. The summed E-state index contributed by atoms with van der Waals surface area (Å²) in [4.78, 5) is 10.9. The average Bonchev–Trinajstić information content (AvgIpc) is 2.48. The van der Waals surface area contributed by atoms with E-state index < -0.39 is 28.1 Å². The van der Waals surface area contributed by atoms with E-state index in [1.54, 1.807) is 0 Å². The van der Waals surface area contributed by atoms with Gasteiger partial charge in [0.2, 0.25) is 15.9 Å². The number of alkyl halides is 1. The maximum absolute atomic E-state index is 11.4. The Morgan fingerprint density at radius 2 is 2.21 bits per heavy atom. The van der Waals surface area contributed by atoms with Crippen LogP contribution >= 0.6 is 15.9 Å². The van der Waals surface area contributed by atoms with Crippen molar-refractivity contribution in [2.24, 2.45) is 5.73 Å². The summed E-state index contributed by atoms with van der Waals surface area (Å²) >= 11 is 2.81. The van der Waals surface area contributed by atoms with Gasteiger partial charge in [0.15, 0.2) is 0 Å². The Labute approximate surface area is 90.2 Å². The SMILES string of the molecule is NC(=O)C1CC(O)CN1S(=O)(=O)CBr. The summed E-state index contributed by atoms with van der Waals surface area (Å²) in [6.07, 6.45) is -0.747. The van der Waals surface area contributed by atoms with Gasteiger partial charge < -0.3 is 10.8 Å². The fourth-order valence-corrected chi connectivity index (χ4v) is 3.30. The van der Waals surface area contributed by atoms with Crippen LogP contribution in [0.4, 0.5) is 0 Å². The lowest BCUT2D eigenvalue weighted by atomic mass is 10.2. The molecule has 1 saturated heterocycles. The standard InChI is InChI=1S/C6H11BrN2O4S/c7-3-14(12,13)9-2-4(10)1-5(9)6(8)11/h4-5,10H,1-3H2,(H2,8,11). The number of hydrogen-bond donors (Lipinski definition) is 2. The number of carbonyl (C=O) groups is 1. The predicted octanol–water partition coefficient (Wildman–Crippen LogP) is -1.41. The van der Waals surface area contributed by atoms with Crippen molar-refractivity contribution in [3.63, 3.8) is 0 Å². The summed E-state index contributed by atoms with van der Waals surface area (Å²) in [5, 5.41) is 9.25. The highest BCUT2D eigenvalue weighted by Crippen LogP contribution is 2.22. The minimum absolute atomic E-state index is 0.0679. The molecule has 0 aliphatic carbocycles. The first-order chi connectivity index (χ1) is 6.38. The zero-order chi connectivity index (χ0) is 10.9. The van der Waals surface area contributed by atoms with Crippen molar-refractivity contribution in [3.8, 4) is 0 Å². The number of nitrogens with two attached hydrogens (primary N) is 1. The molecule has 0 bridgehead atoms. The number of rotatable bonds is 3. The molecule has 1 rings (SSSR count). The van der Waals surface area contributed by atoms with E-state index in [1.165, 1.54) is 0 Å². The molecule has 1 amide bonds. The van der Waals surface area contributed by atoms with Gasteiger partial charge in [0.1, 0.15) is 10.7 Å². The van der Waals surface area contributed by atoms with Crippen molar-refractivity contribution in [2.75, 3.05) is 11.2 Å². The van der Waals surface area contributed by atoms with E-state index in [0.717, 1.165) is 4.31 Å². The Hall–Kier alpha value is -0.180. The highest BCUT2D eigenvalue weighted by Gasteiger charge is 2.41. The first-order valence-corrected chi connectivity index (χ1v) is 6.64. The van der Waals surface area contributed by atoms with Gasteiger partial charge in [-0.15, -0.1) is 0 Å². The Morgan fingerprint density at radius 1 is 1.64 bits per heavy atom. The highest BCUT2D eigenvalue weighted by atomic mass is 79.9. The number of sulfonamides is 1. The van der Waals surface area contributed by atoms with Crippen LogP contribution in [-0.2, 0) is 14.8 Å². The van der Waals surface area contributed by atoms with E-state index in [2.05, 4.69) is 15.9 Å². The maximum Gasteiger partial charge on any atom is 0.235 e. The molecule has 3 N–H and O–H groups in total.